The molecule has 192 valence electrons. The summed E-state index contributed by atoms with van der Waals surface area (Å²) in [6.07, 6.45) is 4.18. The number of nitrogens with one attached hydrogen (secondary N) is 1. The minimum Gasteiger partial charge on any atom is -0.478 e. The van der Waals surface area contributed by atoms with E-state index >= 15 is 0 Å². The molecule has 1 aromatic heterocycles. The van der Waals surface area contributed by atoms with Crippen molar-refractivity contribution in [3.8, 4) is 11.4 Å². The smallest absolute Gasteiger partial charge is 0.335 e. The molecule has 0 fully saturated rings. The molecule has 0 aliphatic heterocycles. The molecule has 0 atom stereocenters. The van der Waals surface area contributed by atoms with E-state index in [4.69, 9.17) is 28.2 Å². The van der Waals surface area contributed by atoms with Crippen LogP contribution in [0, 0.1) is 0 Å². The molecule has 6 nitrogen and oxygen atoms in total. The van der Waals surface area contributed by atoms with Gasteiger partial charge in [-0.05, 0) is 60.9 Å². The third-order valence-corrected chi connectivity index (χ3v) is 7.04. The summed E-state index contributed by atoms with van der Waals surface area (Å²) < 4.78 is 2.24. The van der Waals surface area contributed by atoms with Gasteiger partial charge in [0.15, 0.2) is 0 Å². The summed E-state index contributed by atoms with van der Waals surface area (Å²) in [5, 5.41) is 13.1. The summed E-state index contributed by atoms with van der Waals surface area (Å²) in [6.45, 7) is 4.33. The Hall–Kier alpha value is -3.35. The fourth-order valence-electron chi connectivity index (χ4n) is 4.66. The van der Waals surface area contributed by atoms with Crippen LogP contribution in [0.4, 0.5) is 5.69 Å². The summed E-state index contributed by atoms with van der Waals surface area (Å²) in [6, 6.07) is 18.1. The van der Waals surface area contributed by atoms with Crippen molar-refractivity contribution in [1.82, 2.24) is 9.55 Å². The zero-order valence-corrected chi connectivity index (χ0v) is 22.3. The molecule has 2 N–H and O–H groups in total. The van der Waals surface area contributed by atoms with E-state index in [1.807, 2.05) is 30.3 Å². The number of carbonyl (C=O) groups is 2. The molecule has 8 heteroatoms. The average Bonchev–Trinajstić information content (AvgIpc) is 3.25. The van der Waals surface area contributed by atoms with E-state index in [-0.39, 0.29) is 23.9 Å². The lowest BCUT2D eigenvalue weighted by Crippen LogP contribution is -2.14. The van der Waals surface area contributed by atoms with Crippen LogP contribution in [0.1, 0.15) is 61.5 Å². The highest BCUT2D eigenvalue weighted by Crippen LogP contribution is 2.33. The van der Waals surface area contributed by atoms with Gasteiger partial charge in [0.1, 0.15) is 5.82 Å². The van der Waals surface area contributed by atoms with Crippen molar-refractivity contribution >= 4 is 51.8 Å². The number of carboxylic acid groups (broad SMARTS) is 1. The Morgan fingerprint density at radius 3 is 2.41 bits per heavy atom. The number of imidazole rings is 1. The monoisotopic (exact) mass is 537 g/mol. The van der Waals surface area contributed by atoms with Crippen LogP contribution in [0.25, 0.3) is 22.4 Å². The van der Waals surface area contributed by atoms with E-state index in [1.165, 1.54) is 0 Å². The molecule has 0 aliphatic carbocycles. The number of amides is 1. The van der Waals surface area contributed by atoms with Gasteiger partial charge in [0.25, 0.3) is 0 Å². The van der Waals surface area contributed by atoms with Crippen molar-refractivity contribution in [2.75, 3.05) is 5.32 Å². The van der Waals surface area contributed by atoms with Crippen LogP contribution in [0.15, 0.2) is 60.7 Å². The van der Waals surface area contributed by atoms with Crippen molar-refractivity contribution < 1.29 is 14.7 Å². The third kappa shape index (κ3) is 6.14. The lowest BCUT2D eigenvalue weighted by Gasteiger charge is -2.21. The Kier molecular flexibility index (Phi) is 8.52. The maximum atomic E-state index is 12.7. The van der Waals surface area contributed by atoms with E-state index in [9.17, 15) is 14.7 Å². The van der Waals surface area contributed by atoms with Crippen LogP contribution in [0.2, 0.25) is 10.0 Å². The summed E-state index contributed by atoms with van der Waals surface area (Å²) >= 11 is 12.0. The zero-order chi connectivity index (χ0) is 26.5. The Labute approximate surface area is 226 Å². The van der Waals surface area contributed by atoms with Gasteiger partial charge in [-0.25, -0.2) is 9.78 Å². The van der Waals surface area contributed by atoms with Gasteiger partial charge in [0.2, 0.25) is 5.91 Å². The van der Waals surface area contributed by atoms with Crippen molar-refractivity contribution in [2.45, 2.75) is 52.0 Å². The number of anilines is 1. The molecule has 0 unspecified atom stereocenters. The van der Waals surface area contributed by atoms with Gasteiger partial charge in [0.05, 0.1) is 33.1 Å². The van der Waals surface area contributed by atoms with Gasteiger partial charge in [-0.1, -0.05) is 68.1 Å². The molecule has 0 spiro atoms. The minimum atomic E-state index is -0.980. The number of carboxylic acids is 1. The predicted molar refractivity (Wildman–Crippen MR) is 150 cm³/mol. The van der Waals surface area contributed by atoms with E-state index in [2.05, 4.69) is 23.7 Å². The quantitative estimate of drug-likeness (QED) is 0.214. The molecule has 1 amide bonds. The van der Waals surface area contributed by atoms with Crippen LogP contribution in [0.3, 0.4) is 0 Å². The minimum absolute atomic E-state index is 0.171. The molecular formula is C29H29Cl2N3O3. The van der Waals surface area contributed by atoms with Gasteiger partial charge in [-0.2, -0.15) is 0 Å². The summed E-state index contributed by atoms with van der Waals surface area (Å²) in [4.78, 5) is 29.2. The van der Waals surface area contributed by atoms with Crippen LogP contribution >= 0.6 is 23.2 Å². The summed E-state index contributed by atoms with van der Waals surface area (Å²) in [5.41, 5.74) is 4.06. The first kappa shape index (κ1) is 26.7. The first-order chi connectivity index (χ1) is 17.8. The Morgan fingerprint density at radius 2 is 1.73 bits per heavy atom. The SMILES string of the molecule is CCCC(CCC)n1c(-c2cccc(CC(=O)Nc3ccc(Cl)c(Cl)c3)c2)nc2cc(C(=O)O)ccc21. The van der Waals surface area contributed by atoms with E-state index < -0.39 is 5.97 Å². The summed E-state index contributed by atoms with van der Waals surface area (Å²) in [5.74, 6) is -0.382. The number of hydrogen-bond acceptors (Lipinski definition) is 3. The highest BCUT2D eigenvalue weighted by atomic mass is 35.5. The molecule has 0 radical (unpaired) electrons. The number of carbonyl (C=O) groups excluding carboxylic acids is 1. The number of halogens is 2. The zero-order valence-electron chi connectivity index (χ0n) is 20.8. The Bertz CT molecular complexity index is 1440. The maximum absolute atomic E-state index is 12.7. The number of aromatic carboxylic acids is 1. The number of nitrogens with zero attached hydrogens (tertiary/aromatic N) is 2. The molecular weight excluding hydrogens is 509 g/mol. The molecule has 0 saturated heterocycles. The van der Waals surface area contributed by atoms with Crippen LogP contribution in [-0.4, -0.2) is 26.5 Å². The van der Waals surface area contributed by atoms with Gasteiger partial charge in [-0.3, -0.25) is 4.79 Å². The normalized spacial score (nSPS) is 11.3. The number of aromatic nitrogens is 2. The standard InChI is InChI=1S/C29H29Cl2N3O3/c1-3-6-22(7-4-2)34-26-13-10-20(29(36)37)16-25(26)33-28(34)19-9-5-8-18(14-19)15-27(35)32-21-11-12-23(30)24(31)17-21/h5,8-14,16-17,22H,3-4,6-7,15H2,1-2H3,(H,32,35)(H,36,37). The first-order valence-corrected chi connectivity index (χ1v) is 13.2. The number of rotatable bonds is 10. The largest absolute Gasteiger partial charge is 0.478 e. The molecule has 0 aliphatic rings. The number of hydrogen-bond donors (Lipinski definition) is 2. The van der Waals surface area contributed by atoms with Crippen molar-refractivity contribution in [3.05, 3.63) is 81.8 Å². The van der Waals surface area contributed by atoms with Crippen molar-refractivity contribution in [2.24, 2.45) is 0 Å². The van der Waals surface area contributed by atoms with E-state index in [1.54, 1.807) is 30.3 Å². The van der Waals surface area contributed by atoms with Crippen LogP contribution < -0.4 is 5.32 Å². The highest BCUT2D eigenvalue weighted by Gasteiger charge is 2.21. The second-order valence-corrected chi connectivity index (χ2v) is 9.91. The van der Waals surface area contributed by atoms with E-state index in [0.29, 0.717) is 21.2 Å². The third-order valence-electron chi connectivity index (χ3n) is 6.30. The lowest BCUT2D eigenvalue weighted by atomic mass is 10.0. The van der Waals surface area contributed by atoms with Crippen molar-refractivity contribution in [1.29, 1.82) is 0 Å². The van der Waals surface area contributed by atoms with Crippen molar-refractivity contribution in [3.63, 3.8) is 0 Å². The van der Waals surface area contributed by atoms with Crippen LogP contribution in [0.5, 0.6) is 0 Å². The second kappa shape index (κ2) is 11.8. The second-order valence-electron chi connectivity index (χ2n) is 9.10. The Morgan fingerprint density at radius 1 is 0.973 bits per heavy atom. The fourth-order valence-corrected chi connectivity index (χ4v) is 4.96. The maximum Gasteiger partial charge on any atom is 0.335 e. The number of benzene rings is 3. The topological polar surface area (TPSA) is 84.2 Å². The Balaban J connectivity index is 1.70. The van der Waals surface area contributed by atoms with Gasteiger partial charge in [0, 0.05) is 17.3 Å². The molecule has 3 aromatic carbocycles. The molecule has 1 heterocycles. The van der Waals surface area contributed by atoms with Gasteiger partial charge < -0.3 is 15.0 Å². The summed E-state index contributed by atoms with van der Waals surface area (Å²) in [7, 11) is 0. The lowest BCUT2D eigenvalue weighted by molar-refractivity contribution is -0.115. The molecule has 37 heavy (non-hydrogen) atoms. The van der Waals surface area contributed by atoms with Gasteiger partial charge in [-0.15, -0.1) is 0 Å². The highest BCUT2D eigenvalue weighted by molar-refractivity contribution is 6.42. The average molecular weight is 538 g/mol. The van der Waals surface area contributed by atoms with E-state index in [0.717, 1.165) is 48.2 Å². The molecule has 4 aromatic rings. The van der Waals surface area contributed by atoms with Crippen LogP contribution in [-0.2, 0) is 11.2 Å². The van der Waals surface area contributed by atoms with Gasteiger partial charge >= 0.3 is 5.97 Å². The molecule has 0 saturated carbocycles. The first-order valence-electron chi connectivity index (χ1n) is 12.4. The predicted octanol–water partition coefficient (Wildman–Crippen LogP) is 8.03. The number of fused-ring (bicyclic) bond motifs is 1. The molecule has 0 bridgehead atoms. The molecule has 4 rings (SSSR count). The fraction of sp³-hybridized carbons (Fsp3) is 0.276.